The molecule has 1 N–H and O–H groups in total. The maximum atomic E-state index is 12.9. The molecular formula is C17H29FN2O. The first-order valence-electron chi connectivity index (χ1n) is 7.81. The Morgan fingerprint density at radius 3 is 2.05 bits per heavy atom. The average Bonchev–Trinajstić information content (AvgIpc) is 2.37. The Labute approximate surface area is 128 Å². The summed E-state index contributed by atoms with van der Waals surface area (Å²) >= 11 is 0. The van der Waals surface area contributed by atoms with E-state index in [-0.39, 0.29) is 11.7 Å². The van der Waals surface area contributed by atoms with Crippen LogP contribution < -0.4 is 0 Å². The van der Waals surface area contributed by atoms with Gasteiger partial charge in [-0.05, 0) is 24.0 Å². The largest absolute Gasteiger partial charge is 0.386 e. The van der Waals surface area contributed by atoms with Crippen molar-refractivity contribution in [1.82, 2.24) is 9.88 Å². The fourth-order valence-corrected chi connectivity index (χ4v) is 2.62. The van der Waals surface area contributed by atoms with E-state index in [4.69, 9.17) is 0 Å². The molecule has 0 aromatic carbocycles. The van der Waals surface area contributed by atoms with Gasteiger partial charge < -0.3 is 10.0 Å². The number of hydrogen-bond donors (Lipinski definition) is 1. The maximum absolute atomic E-state index is 12.9. The van der Waals surface area contributed by atoms with Crippen molar-refractivity contribution in [3.8, 4) is 0 Å². The van der Waals surface area contributed by atoms with E-state index >= 15 is 0 Å². The zero-order chi connectivity index (χ0) is 16.0. The molecule has 0 fully saturated rings. The lowest BCUT2D eigenvalue weighted by Crippen LogP contribution is -2.36. The van der Waals surface area contributed by atoms with Crippen molar-refractivity contribution in [1.29, 1.82) is 0 Å². The van der Waals surface area contributed by atoms with Gasteiger partial charge in [-0.2, -0.15) is 0 Å². The van der Waals surface area contributed by atoms with Gasteiger partial charge in [-0.25, -0.2) is 4.39 Å². The number of aliphatic hydroxyl groups is 1. The van der Waals surface area contributed by atoms with E-state index in [0.29, 0.717) is 17.5 Å². The molecule has 120 valence electrons. The van der Waals surface area contributed by atoms with Crippen molar-refractivity contribution in [3.05, 3.63) is 29.8 Å². The Morgan fingerprint density at radius 1 is 1.05 bits per heavy atom. The molecular weight excluding hydrogens is 267 g/mol. The van der Waals surface area contributed by atoms with Gasteiger partial charge in [0.15, 0.2) is 0 Å². The Balaban J connectivity index is 2.66. The van der Waals surface area contributed by atoms with E-state index in [1.54, 1.807) is 6.07 Å². The summed E-state index contributed by atoms with van der Waals surface area (Å²) in [4.78, 5) is 6.38. The van der Waals surface area contributed by atoms with Crippen molar-refractivity contribution in [2.24, 2.45) is 17.8 Å². The van der Waals surface area contributed by atoms with Gasteiger partial charge in [-0.3, -0.25) is 4.98 Å². The molecule has 1 heterocycles. The van der Waals surface area contributed by atoms with E-state index in [1.165, 1.54) is 6.07 Å². The number of hydrogen-bond acceptors (Lipinski definition) is 3. The van der Waals surface area contributed by atoms with Crippen LogP contribution in [-0.2, 0) is 0 Å². The van der Waals surface area contributed by atoms with E-state index < -0.39 is 6.10 Å². The predicted octanol–water partition coefficient (Wildman–Crippen LogP) is 3.50. The number of halogens is 1. The molecule has 0 aliphatic heterocycles. The highest BCUT2D eigenvalue weighted by atomic mass is 19.1. The number of aliphatic hydroxyl groups excluding tert-OH is 1. The van der Waals surface area contributed by atoms with Crippen molar-refractivity contribution in [2.45, 2.75) is 40.7 Å². The Hall–Kier alpha value is -1.00. The van der Waals surface area contributed by atoms with Gasteiger partial charge in [0.25, 0.3) is 0 Å². The molecule has 1 aromatic heterocycles. The zero-order valence-electron chi connectivity index (χ0n) is 13.9. The van der Waals surface area contributed by atoms with Crippen molar-refractivity contribution >= 4 is 0 Å². The van der Waals surface area contributed by atoms with Gasteiger partial charge in [0, 0.05) is 25.6 Å². The van der Waals surface area contributed by atoms with Crippen LogP contribution in [0, 0.1) is 23.6 Å². The van der Waals surface area contributed by atoms with Crippen LogP contribution in [0.4, 0.5) is 4.39 Å². The smallest absolute Gasteiger partial charge is 0.141 e. The minimum absolute atomic E-state index is 0.0560. The molecule has 3 nitrogen and oxygen atoms in total. The lowest BCUT2D eigenvalue weighted by molar-refractivity contribution is 0.0772. The SMILES string of the molecule is CC(C)CN(CC(C)C)CC(C)C(O)c1ccc(F)cn1. The second kappa shape index (κ2) is 8.44. The number of aromatic nitrogens is 1. The number of pyridine rings is 1. The molecule has 0 aliphatic rings. The highest BCUT2D eigenvalue weighted by Crippen LogP contribution is 2.21. The van der Waals surface area contributed by atoms with E-state index in [9.17, 15) is 9.50 Å². The average molecular weight is 296 g/mol. The first kappa shape index (κ1) is 18.1. The highest BCUT2D eigenvalue weighted by Gasteiger charge is 2.21. The Bertz CT molecular complexity index is 396. The Kier molecular flexibility index (Phi) is 7.26. The standard InChI is InChI=1S/C17H29FN2O/c1-12(2)9-20(10-13(3)4)11-14(5)17(21)16-7-6-15(18)8-19-16/h6-8,12-14,17,21H,9-11H2,1-5H3. The third kappa shape index (κ3) is 6.53. The highest BCUT2D eigenvalue weighted by molar-refractivity contribution is 5.08. The molecule has 0 radical (unpaired) electrons. The minimum atomic E-state index is -0.660. The third-order valence-corrected chi connectivity index (χ3v) is 3.39. The summed E-state index contributed by atoms with van der Waals surface area (Å²) in [6, 6.07) is 2.91. The van der Waals surface area contributed by atoms with Gasteiger partial charge in [-0.1, -0.05) is 34.6 Å². The number of nitrogens with zero attached hydrogens (tertiary/aromatic N) is 2. The van der Waals surface area contributed by atoms with E-state index in [1.807, 2.05) is 6.92 Å². The molecule has 4 heteroatoms. The maximum Gasteiger partial charge on any atom is 0.141 e. The molecule has 0 bridgehead atoms. The summed E-state index contributed by atoms with van der Waals surface area (Å²) in [6.45, 7) is 13.7. The summed E-state index contributed by atoms with van der Waals surface area (Å²) in [5.41, 5.74) is 0.540. The molecule has 2 unspecified atom stereocenters. The van der Waals surface area contributed by atoms with Crippen LogP contribution in [0.25, 0.3) is 0 Å². The number of rotatable bonds is 8. The molecule has 0 aliphatic carbocycles. The summed E-state index contributed by atoms with van der Waals surface area (Å²) in [6.07, 6.45) is 0.498. The van der Waals surface area contributed by atoms with Crippen molar-refractivity contribution < 1.29 is 9.50 Å². The Morgan fingerprint density at radius 2 is 1.62 bits per heavy atom. The topological polar surface area (TPSA) is 36.4 Å². The summed E-state index contributed by atoms with van der Waals surface area (Å²) in [5.74, 6) is 0.870. The fourth-order valence-electron chi connectivity index (χ4n) is 2.62. The molecule has 1 rings (SSSR count). The summed E-state index contributed by atoms with van der Waals surface area (Å²) < 4.78 is 12.9. The quantitative estimate of drug-likeness (QED) is 0.797. The first-order valence-corrected chi connectivity index (χ1v) is 7.81. The van der Waals surface area contributed by atoms with Crippen LogP contribution in [-0.4, -0.2) is 34.6 Å². The first-order chi connectivity index (χ1) is 9.79. The zero-order valence-corrected chi connectivity index (χ0v) is 13.9. The molecule has 0 saturated carbocycles. The monoisotopic (exact) mass is 296 g/mol. The van der Waals surface area contributed by atoms with Crippen LogP contribution in [0.15, 0.2) is 18.3 Å². The van der Waals surface area contributed by atoms with Crippen molar-refractivity contribution in [3.63, 3.8) is 0 Å². The van der Waals surface area contributed by atoms with E-state index in [2.05, 4.69) is 37.6 Å². The normalized spacial score (nSPS) is 15.0. The molecule has 0 saturated heterocycles. The second-order valence-electron chi connectivity index (χ2n) is 6.83. The van der Waals surface area contributed by atoms with E-state index in [0.717, 1.165) is 25.8 Å². The van der Waals surface area contributed by atoms with Crippen molar-refractivity contribution in [2.75, 3.05) is 19.6 Å². The second-order valence-corrected chi connectivity index (χ2v) is 6.83. The molecule has 2 atom stereocenters. The fraction of sp³-hybridized carbons (Fsp3) is 0.706. The third-order valence-electron chi connectivity index (χ3n) is 3.39. The van der Waals surface area contributed by atoms with Crippen LogP contribution in [0.2, 0.25) is 0 Å². The van der Waals surface area contributed by atoms with Gasteiger partial charge in [-0.15, -0.1) is 0 Å². The van der Waals surface area contributed by atoms with Crippen LogP contribution >= 0.6 is 0 Å². The molecule has 0 spiro atoms. The van der Waals surface area contributed by atoms with Gasteiger partial charge >= 0.3 is 0 Å². The van der Waals surface area contributed by atoms with Gasteiger partial charge in [0.05, 0.1) is 18.0 Å². The summed E-state index contributed by atoms with van der Waals surface area (Å²) in [5, 5.41) is 10.4. The molecule has 21 heavy (non-hydrogen) atoms. The van der Waals surface area contributed by atoms with Gasteiger partial charge in [0.1, 0.15) is 5.82 Å². The molecule has 0 amide bonds. The molecule has 1 aromatic rings. The lowest BCUT2D eigenvalue weighted by atomic mass is 9.99. The van der Waals surface area contributed by atoms with Crippen LogP contribution in [0.5, 0.6) is 0 Å². The van der Waals surface area contributed by atoms with Crippen LogP contribution in [0.3, 0.4) is 0 Å². The summed E-state index contributed by atoms with van der Waals surface area (Å²) in [7, 11) is 0. The van der Waals surface area contributed by atoms with Crippen LogP contribution in [0.1, 0.15) is 46.4 Å². The predicted molar refractivity (Wildman–Crippen MR) is 84.4 cm³/mol. The lowest BCUT2D eigenvalue weighted by Gasteiger charge is -2.30. The van der Waals surface area contributed by atoms with Gasteiger partial charge in [0.2, 0.25) is 0 Å². The minimum Gasteiger partial charge on any atom is -0.386 e.